The van der Waals surface area contributed by atoms with Crippen LogP contribution in [-0.4, -0.2) is 22.5 Å². The summed E-state index contributed by atoms with van der Waals surface area (Å²) in [5.41, 5.74) is 3.05. The Morgan fingerprint density at radius 3 is 2.35 bits per heavy atom. The fourth-order valence-corrected chi connectivity index (χ4v) is 2.53. The minimum absolute atomic E-state index is 0.368. The standard InChI is InChI=1S/C21H20N2O3/c1-15-6-5-7-18(14-15)22-20(24)16(2)26-21(25)17-8-10-19(11-9-17)23-12-3-4-13-23/h3-14,16H,1-2H3,(H,22,24)/t16-/m1/s1. The second-order valence-electron chi connectivity index (χ2n) is 6.04. The predicted molar refractivity (Wildman–Crippen MR) is 100 cm³/mol. The highest BCUT2D eigenvalue weighted by Gasteiger charge is 2.19. The summed E-state index contributed by atoms with van der Waals surface area (Å²) in [6.45, 7) is 3.49. The van der Waals surface area contributed by atoms with Crippen molar-refractivity contribution in [1.29, 1.82) is 0 Å². The van der Waals surface area contributed by atoms with Crippen LogP contribution in [0.15, 0.2) is 73.1 Å². The molecule has 0 radical (unpaired) electrons. The van der Waals surface area contributed by atoms with E-state index in [-0.39, 0.29) is 5.91 Å². The third-order valence-electron chi connectivity index (χ3n) is 3.94. The van der Waals surface area contributed by atoms with E-state index in [2.05, 4.69) is 5.32 Å². The second-order valence-corrected chi connectivity index (χ2v) is 6.04. The molecule has 3 rings (SSSR count). The Labute approximate surface area is 152 Å². The number of aromatic nitrogens is 1. The fraction of sp³-hybridized carbons (Fsp3) is 0.143. The van der Waals surface area contributed by atoms with Gasteiger partial charge in [-0.1, -0.05) is 12.1 Å². The van der Waals surface area contributed by atoms with Crippen LogP contribution in [0.1, 0.15) is 22.8 Å². The molecule has 0 aliphatic carbocycles. The maximum atomic E-state index is 12.3. The molecular formula is C21H20N2O3. The van der Waals surface area contributed by atoms with Crippen LogP contribution in [0.3, 0.4) is 0 Å². The van der Waals surface area contributed by atoms with Gasteiger partial charge in [0.25, 0.3) is 5.91 Å². The van der Waals surface area contributed by atoms with Gasteiger partial charge >= 0.3 is 5.97 Å². The lowest BCUT2D eigenvalue weighted by Gasteiger charge is -2.14. The summed E-state index contributed by atoms with van der Waals surface area (Å²) in [4.78, 5) is 24.5. The summed E-state index contributed by atoms with van der Waals surface area (Å²) in [6.07, 6.45) is 2.95. The van der Waals surface area contributed by atoms with Gasteiger partial charge in [-0.3, -0.25) is 4.79 Å². The van der Waals surface area contributed by atoms with Gasteiger partial charge in [0, 0.05) is 23.8 Å². The Morgan fingerprint density at radius 2 is 1.69 bits per heavy atom. The minimum Gasteiger partial charge on any atom is -0.449 e. The number of carbonyl (C=O) groups is 2. The maximum absolute atomic E-state index is 12.3. The molecule has 1 aromatic heterocycles. The van der Waals surface area contributed by atoms with Gasteiger partial charge in [-0.25, -0.2) is 4.79 Å². The Kier molecular flexibility index (Phi) is 5.17. The van der Waals surface area contributed by atoms with E-state index in [0.717, 1.165) is 11.3 Å². The number of anilines is 1. The van der Waals surface area contributed by atoms with Crippen LogP contribution in [0.25, 0.3) is 5.69 Å². The van der Waals surface area contributed by atoms with E-state index >= 15 is 0 Å². The topological polar surface area (TPSA) is 60.3 Å². The highest BCUT2D eigenvalue weighted by Crippen LogP contribution is 2.13. The Balaban J connectivity index is 1.60. The van der Waals surface area contributed by atoms with Crippen molar-refractivity contribution in [2.24, 2.45) is 0 Å². The molecule has 1 atom stereocenters. The van der Waals surface area contributed by atoms with Gasteiger partial charge in [0.1, 0.15) is 0 Å². The van der Waals surface area contributed by atoms with Crippen molar-refractivity contribution >= 4 is 17.6 Å². The van der Waals surface area contributed by atoms with Gasteiger partial charge < -0.3 is 14.6 Å². The van der Waals surface area contributed by atoms with Gasteiger partial charge in [-0.05, 0) is 67.9 Å². The van der Waals surface area contributed by atoms with Crippen molar-refractivity contribution < 1.29 is 14.3 Å². The molecule has 5 heteroatoms. The van der Waals surface area contributed by atoms with Gasteiger partial charge in [0.15, 0.2) is 6.10 Å². The highest BCUT2D eigenvalue weighted by atomic mass is 16.5. The van der Waals surface area contributed by atoms with E-state index in [1.165, 1.54) is 0 Å². The van der Waals surface area contributed by atoms with E-state index in [9.17, 15) is 9.59 Å². The second kappa shape index (κ2) is 7.70. The number of nitrogens with zero attached hydrogens (tertiary/aromatic N) is 1. The lowest BCUT2D eigenvalue weighted by atomic mass is 10.2. The van der Waals surface area contributed by atoms with Crippen LogP contribution in [-0.2, 0) is 9.53 Å². The number of ether oxygens (including phenoxy) is 1. The molecule has 0 bridgehead atoms. The van der Waals surface area contributed by atoms with Crippen LogP contribution >= 0.6 is 0 Å². The number of nitrogens with one attached hydrogen (secondary N) is 1. The van der Waals surface area contributed by atoms with Gasteiger partial charge in [0.05, 0.1) is 5.56 Å². The van der Waals surface area contributed by atoms with Crippen molar-refractivity contribution in [3.63, 3.8) is 0 Å². The van der Waals surface area contributed by atoms with Crippen molar-refractivity contribution in [3.8, 4) is 5.69 Å². The molecular weight excluding hydrogens is 328 g/mol. The third kappa shape index (κ3) is 4.19. The first kappa shape index (κ1) is 17.5. The maximum Gasteiger partial charge on any atom is 0.338 e. The molecule has 0 aliphatic heterocycles. The van der Waals surface area contributed by atoms with Crippen LogP contribution < -0.4 is 5.32 Å². The summed E-state index contributed by atoms with van der Waals surface area (Å²) < 4.78 is 7.21. The number of hydrogen-bond acceptors (Lipinski definition) is 3. The van der Waals surface area contributed by atoms with Crippen molar-refractivity contribution in [3.05, 3.63) is 84.2 Å². The molecule has 2 aromatic carbocycles. The average molecular weight is 348 g/mol. The minimum atomic E-state index is -0.896. The molecule has 132 valence electrons. The third-order valence-corrected chi connectivity index (χ3v) is 3.94. The molecule has 5 nitrogen and oxygen atoms in total. The first-order valence-corrected chi connectivity index (χ1v) is 8.35. The van der Waals surface area contributed by atoms with Crippen LogP contribution in [0, 0.1) is 6.92 Å². The summed E-state index contributed by atoms with van der Waals surface area (Å²) in [5.74, 6) is -0.899. The average Bonchev–Trinajstić information content (AvgIpc) is 3.16. The van der Waals surface area contributed by atoms with Gasteiger partial charge in [-0.15, -0.1) is 0 Å². The quantitative estimate of drug-likeness (QED) is 0.710. The molecule has 0 saturated heterocycles. The summed E-state index contributed by atoms with van der Waals surface area (Å²) >= 11 is 0. The van der Waals surface area contributed by atoms with Crippen LogP contribution in [0.5, 0.6) is 0 Å². The van der Waals surface area contributed by atoms with Crippen molar-refractivity contribution in [1.82, 2.24) is 4.57 Å². The zero-order chi connectivity index (χ0) is 18.5. The number of aryl methyl sites for hydroxylation is 1. The molecule has 0 unspecified atom stereocenters. The zero-order valence-corrected chi connectivity index (χ0v) is 14.7. The highest BCUT2D eigenvalue weighted by molar-refractivity contribution is 5.97. The summed E-state index contributed by atoms with van der Waals surface area (Å²) in [7, 11) is 0. The molecule has 0 spiro atoms. The molecule has 0 aliphatic rings. The van der Waals surface area contributed by atoms with Crippen LogP contribution in [0.2, 0.25) is 0 Å². The van der Waals surface area contributed by atoms with E-state index in [0.29, 0.717) is 11.3 Å². The lowest BCUT2D eigenvalue weighted by Crippen LogP contribution is -2.30. The van der Waals surface area contributed by atoms with Gasteiger partial charge in [0.2, 0.25) is 0 Å². The molecule has 1 heterocycles. The Bertz CT molecular complexity index is 899. The van der Waals surface area contributed by atoms with E-state index in [4.69, 9.17) is 4.74 Å². The van der Waals surface area contributed by atoms with Crippen molar-refractivity contribution in [2.45, 2.75) is 20.0 Å². The van der Waals surface area contributed by atoms with E-state index < -0.39 is 12.1 Å². The Hall–Kier alpha value is -3.34. The number of rotatable bonds is 5. The van der Waals surface area contributed by atoms with Crippen molar-refractivity contribution in [2.75, 3.05) is 5.32 Å². The number of carbonyl (C=O) groups excluding carboxylic acids is 2. The number of amides is 1. The molecule has 26 heavy (non-hydrogen) atoms. The molecule has 1 amide bonds. The fourth-order valence-electron chi connectivity index (χ4n) is 2.53. The molecule has 3 aromatic rings. The van der Waals surface area contributed by atoms with E-state index in [1.807, 2.05) is 66.3 Å². The summed E-state index contributed by atoms with van der Waals surface area (Å²) in [6, 6.07) is 18.3. The molecule has 0 fully saturated rings. The summed E-state index contributed by atoms with van der Waals surface area (Å²) in [5, 5.41) is 2.75. The lowest BCUT2D eigenvalue weighted by molar-refractivity contribution is -0.123. The Morgan fingerprint density at radius 1 is 1.00 bits per heavy atom. The monoisotopic (exact) mass is 348 g/mol. The predicted octanol–water partition coefficient (Wildman–Crippen LogP) is 3.97. The zero-order valence-electron chi connectivity index (χ0n) is 14.7. The number of esters is 1. The molecule has 0 saturated carbocycles. The number of benzene rings is 2. The number of hydrogen-bond donors (Lipinski definition) is 1. The largest absolute Gasteiger partial charge is 0.449 e. The van der Waals surface area contributed by atoms with Crippen LogP contribution in [0.4, 0.5) is 5.69 Å². The normalized spacial score (nSPS) is 11.6. The SMILES string of the molecule is Cc1cccc(NC(=O)[C@@H](C)OC(=O)c2ccc(-n3cccc3)cc2)c1. The van der Waals surface area contributed by atoms with Gasteiger partial charge in [-0.2, -0.15) is 0 Å². The first-order valence-electron chi connectivity index (χ1n) is 8.35. The first-order chi connectivity index (χ1) is 12.5. The van der Waals surface area contributed by atoms with E-state index in [1.54, 1.807) is 25.1 Å². The smallest absolute Gasteiger partial charge is 0.338 e. The molecule has 1 N–H and O–H groups in total.